The Bertz CT molecular complexity index is 504. The molecule has 0 bridgehead atoms. The molecule has 0 aliphatic carbocycles. The lowest BCUT2D eigenvalue weighted by Crippen LogP contribution is -2.29. The Labute approximate surface area is 116 Å². The number of nitro groups is 1. The highest BCUT2D eigenvalue weighted by Crippen LogP contribution is 2.27. The summed E-state index contributed by atoms with van der Waals surface area (Å²) in [5, 5.41) is 22.8. The van der Waals surface area contributed by atoms with E-state index >= 15 is 0 Å². The molecule has 110 valence electrons. The van der Waals surface area contributed by atoms with Crippen LogP contribution in [0.3, 0.4) is 0 Å². The summed E-state index contributed by atoms with van der Waals surface area (Å²) in [7, 11) is 0. The molecule has 2 N–H and O–H groups in total. The minimum Gasteiger partial charge on any atom is -0.494 e. The van der Waals surface area contributed by atoms with E-state index in [9.17, 15) is 14.9 Å². The van der Waals surface area contributed by atoms with Gasteiger partial charge in [-0.25, -0.2) is 0 Å². The van der Waals surface area contributed by atoms with Crippen molar-refractivity contribution in [3.05, 3.63) is 28.3 Å². The lowest BCUT2D eigenvalue weighted by atomic mass is 10.0. The summed E-state index contributed by atoms with van der Waals surface area (Å²) in [5.41, 5.74) is 0.358. The SMILES string of the molecule is CCOc1cc(NC(C)C(C)C(=O)O)cc([N+](=O)[O-])c1. The van der Waals surface area contributed by atoms with Crippen molar-refractivity contribution in [2.45, 2.75) is 26.8 Å². The van der Waals surface area contributed by atoms with Crippen molar-refractivity contribution >= 4 is 17.3 Å². The Morgan fingerprint density at radius 1 is 1.45 bits per heavy atom. The summed E-state index contributed by atoms with van der Waals surface area (Å²) in [6, 6.07) is 3.93. The number of benzene rings is 1. The molecule has 0 aromatic heterocycles. The highest BCUT2D eigenvalue weighted by Gasteiger charge is 2.20. The number of nitro benzene ring substituents is 1. The molecule has 0 saturated heterocycles. The van der Waals surface area contributed by atoms with Crippen LogP contribution in [0, 0.1) is 16.0 Å². The molecule has 0 aliphatic rings. The van der Waals surface area contributed by atoms with Crippen LogP contribution in [-0.4, -0.2) is 28.6 Å². The summed E-state index contributed by atoms with van der Waals surface area (Å²) in [6.07, 6.45) is 0. The zero-order valence-electron chi connectivity index (χ0n) is 11.6. The molecule has 0 amide bonds. The predicted octanol–water partition coefficient (Wildman–Crippen LogP) is 2.51. The molecule has 2 atom stereocenters. The van der Waals surface area contributed by atoms with E-state index in [2.05, 4.69) is 5.32 Å². The van der Waals surface area contributed by atoms with Gasteiger partial charge in [0.2, 0.25) is 0 Å². The quantitative estimate of drug-likeness (QED) is 0.588. The second kappa shape index (κ2) is 6.74. The number of rotatable bonds is 7. The number of hydrogen-bond acceptors (Lipinski definition) is 5. The molecular formula is C13H18N2O5. The number of nitrogens with one attached hydrogen (secondary N) is 1. The number of carboxylic acids is 1. The zero-order chi connectivity index (χ0) is 15.3. The maximum Gasteiger partial charge on any atom is 0.308 e. The molecule has 0 heterocycles. The third-order valence-corrected chi connectivity index (χ3v) is 2.95. The minimum absolute atomic E-state index is 0.103. The maximum atomic E-state index is 10.9. The first-order chi connectivity index (χ1) is 9.35. The lowest BCUT2D eigenvalue weighted by molar-refractivity contribution is -0.384. The minimum atomic E-state index is -0.930. The van der Waals surface area contributed by atoms with Crippen LogP contribution in [0.2, 0.25) is 0 Å². The molecular weight excluding hydrogens is 264 g/mol. The monoisotopic (exact) mass is 282 g/mol. The van der Waals surface area contributed by atoms with Crippen LogP contribution in [-0.2, 0) is 4.79 Å². The Kier molecular flexibility index (Phi) is 5.31. The molecule has 1 aromatic rings. The number of ether oxygens (including phenoxy) is 1. The van der Waals surface area contributed by atoms with E-state index in [-0.39, 0.29) is 11.7 Å². The molecule has 1 rings (SSSR count). The van der Waals surface area contributed by atoms with Gasteiger partial charge in [0.1, 0.15) is 5.75 Å². The summed E-state index contributed by atoms with van der Waals surface area (Å²) in [4.78, 5) is 21.3. The molecule has 0 spiro atoms. The smallest absolute Gasteiger partial charge is 0.308 e. The Balaban J connectivity index is 2.98. The van der Waals surface area contributed by atoms with Gasteiger partial charge in [0.15, 0.2) is 0 Å². The fourth-order valence-corrected chi connectivity index (χ4v) is 1.62. The molecule has 2 unspecified atom stereocenters. The van der Waals surface area contributed by atoms with Crippen LogP contribution in [0.4, 0.5) is 11.4 Å². The van der Waals surface area contributed by atoms with E-state index in [4.69, 9.17) is 9.84 Å². The summed E-state index contributed by atoms with van der Waals surface area (Å²) in [6.45, 7) is 5.45. The third-order valence-electron chi connectivity index (χ3n) is 2.95. The van der Waals surface area contributed by atoms with E-state index in [0.29, 0.717) is 18.0 Å². The number of anilines is 1. The van der Waals surface area contributed by atoms with E-state index in [1.165, 1.54) is 12.1 Å². The number of carbonyl (C=O) groups is 1. The van der Waals surface area contributed by atoms with Gasteiger partial charge in [-0.1, -0.05) is 0 Å². The molecule has 1 aromatic carbocycles. The van der Waals surface area contributed by atoms with Crippen LogP contribution >= 0.6 is 0 Å². The van der Waals surface area contributed by atoms with Crippen LogP contribution in [0.1, 0.15) is 20.8 Å². The third kappa shape index (κ3) is 4.11. The average molecular weight is 282 g/mol. The van der Waals surface area contributed by atoms with E-state index in [0.717, 1.165) is 0 Å². The van der Waals surface area contributed by atoms with Crippen molar-refractivity contribution in [3.8, 4) is 5.75 Å². The zero-order valence-corrected chi connectivity index (χ0v) is 11.6. The molecule has 7 heteroatoms. The normalized spacial score (nSPS) is 13.3. The molecule has 0 saturated carbocycles. The van der Waals surface area contributed by atoms with Gasteiger partial charge in [0, 0.05) is 23.9 Å². The number of hydrogen-bond donors (Lipinski definition) is 2. The van der Waals surface area contributed by atoms with Crippen LogP contribution in [0.25, 0.3) is 0 Å². The standard InChI is InChI=1S/C13H18N2O5/c1-4-20-12-6-10(5-11(7-12)15(18)19)14-9(3)8(2)13(16)17/h5-9,14H,4H2,1-3H3,(H,16,17). The van der Waals surface area contributed by atoms with Crippen LogP contribution < -0.4 is 10.1 Å². The van der Waals surface area contributed by atoms with Gasteiger partial charge in [-0.3, -0.25) is 14.9 Å². The van der Waals surface area contributed by atoms with Crippen molar-refractivity contribution in [1.82, 2.24) is 0 Å². The molecule has 20 heavy (non-hydrogen) atoms. The van der Waals surface area contributed by atoms with Gasteiger partial charge in [-0.2, -0.15) is 0 Å². The average Bonchev–Trinajstić information content (AvgIpc) is 2.37. The second-order valence-corrected chi connectivity index (χ2v) is 4.47. The number of nitrogens with zero attached hydrogens (tertiary/aromatic N) is 1. The summed E-state index contributed by atoms with van der Waals surface area (Å²) >= 11 is 0. The first kappa shape index (κ1) is 15.7. The van der Waals surface area contributed by atoms with Crippen molar-refractivity contribution in [2.24, 2.45) is 5.92 Å². The van der Waals surface area contributed by atoms with Gasteiger partial charge in [0.05, 0.1) is 23.5 Å². The predicted molar refractivity (Wildman–Crippen MR) is 74.1 cm³/mol. The summed E-state index contributed by atoms with van der Waals surface area (Å²) < 4.78 is 5.27. The lowest BCUT2D eigenvalue weighted by Gasteiger charge is -2.19. The van der Waals surface area contributed by atoms with E-state index < -0.39 is 16.8 Å². The molecule has 7 nitrogen and oxygen atoms in total. The van der Waals surface area contributed by atoms with Crippen molar-refractivity contribution in [2.75, 3.05) is 11.9 Å². The fourth-order valence-electron chi connectivity index (χ4n) is 1.62. The van der Waals surface area contributed by atoms with Gasteiger partial charge < -0.3 is 15.2 Å². The first-order valence-corrected chi connectivity index (χ1v) is 6.26. The van der Waals surface area contributed by atoms with Gasteiger partial charge in [-0.15, -0.1) is 0 Å². The number of non-ortho nitro benzene ring substituents is 1. The highest BCUT2D eigenvalue weighted by atomic mass is 16.6. The Morgan fingerprint density at radius 2 is 2.10 bits per heavy atom. The first-order valence-electron chi connectivity index (χ1n) is 6.26. The van der Waals surface area contributed by atoms with E-state index in [1.807, 2.05) is 0 Å². The largest absolute Gasteiger partial charge is 0.494 e. The Morgan fingerprint density at radius 3 is 2.60 bits per heavy atom. The topological polar surface area (TPSA) is 102 Å². The molecule has 0 aliphatic heterocycles. The van der Waals surface area contributed by atoms with Crippen molar-refractivity contribution < 1.29 is 19.6 Å². The second-order valence-electron chi connectivity index (χ2n) is 4.47. The van der Waals surface area contributed by atoms with Crippen LogP contribution in [0.5, 0.6) is 5.75 Å². The molecule has 0 radical (unpaired) electrons. The highest BCUT2D eigenvalue weighted by molar-refractivity contribution is 5.71. The Hall–Kier alpha value is -2.31. The number of carboxylic acid groups (broad SMARTS) is 1. The molecule has 0 fully saturated rings. The maximum absolute atomic E-state index is 10.9. The van der Waals surface area contributed by atoms with Gasteiger partial charge in [0.25, 0.3) is 5.69 Å². The van der Waals surface area contributed by atoms with Crippen LogP contribution in [0.15, 0.2) is 18.2 Å². The summed E-state index contributed by atoms with van der Waals surface area (Å²) in [5.74, 6) is -1.18. The van der Waals surface area contributed by atoms with Crippen molar-refractivity contribution in [1.29, 1.82) is 0 Å². The van der Waals surface area contributed by atoms with E-state index in [1.54, 1.807) is 26.8 Å². The van der Waals surface area contributed by atoms with Gasteiger partial charge in [-0.05, 0) is 20.8 Å². The fraction of sp³-hybridized carbons (Fsp3) is 0.462. The van der Waals surface area contributed by atoms with Crippen molar-refractivity contribution in [3.63, 3.8) is 0 Å². The number of aliphatic carboxylic acids is 1. The van der Waals surface area contributed by atoms with Gasteiger partial charge >= 0.3 is 5.97 Å².